The van der Waals surface area contributed by atoms with Crippen molar-refractivity contribution in [2.75, 3.05) is 19.0 Å². The standard InChI is InChI=1S/C22H17F4N3O3/c1-32-7-6-29-5-4-12-8-16(22(24,25)26)18(10-19(12)29)28-21(31)15-11-27-17-3-2-13(23)9-14(17)20(15)30/h2-5,8-11H,6-7H2,1H3,(H,27,30)(H,28,31). The van der Waals surface area contributed by atoms with Gasteiger partial charge in [-0.15, -0.1) is 0 Å². The van der Waals surface area contributed by atoms with Gasteiger partial charge in [0.2, 0.25) is 5.43 Å². The molecule has 0 fully saturated rings. The molecular weight excluding hydrogens is 430 g/mol. The van der Waals surface area contributed by atoms with E-state index in [9.17, 15) is 27.2 Å². The van der Waals surface area contributed by atoms with Gasteiger partial charge in [0.1, 0.15) is 11.4 Å². The number of rotatable bonds is 5. The fourth-order valence-electron chi connectivity index (χ4n) is 3.51. The third kappa shape index (κ3) is 3.96. The number of fused-ring (bicyclic) bond motifs is 2. The molecule has 4 aromatic rings. The normalized spacial score (nSPS) is 11.9. The molecule has 0 aliphatic carbocycles. The Hall–Kier alpha value is -3.66. The molecule has 1 amide bonds. The van der Waals surface area contributed by atoms with Crippen LogP contribution < -0.4 is 10.7 Å². The number of amides is 1. The molecule has 6 nitrogen and oxygen atoms in total. The van der Waals surface area contributed by atoms with Crippen LogP contribution in [0.2, 0.25) is 0 Å². The number of benzene rings is 2. The van der Waals surface area contributed by atoms with Gasteiger partial charge in [0.05, 0.1) is 23.4 Å². The lowest BCUT2D eigenvalue weighted by molar-refractivity contribution is -0.136. The number of nitrogens with one attached hydrogen (secondary N) is 2. The van der Waals surface area contributed by atoms with E-state index in [1.54, 1.807) is 10.8 Å². The summed E-state index contributed by atoms with van der Waals surface area (Å²) in [7, 11) is 1.51. The molecule has 2 aromatic carbocycles. The molecule has 0 bridgehead atoms. The Morgan fingerprint density at radius 1 is 1.19 bits per heavy atom. The van der Waals surface area contributed by atoms with Crippen molar-refractivity contribution in [2.24, 2.45) is 0 Å². The summed E-state index contributed by atoms with van der Waals surface area (Å²) >= 11 is 0. The summed E-state index contributed by atoms with van der Waals surface area (Å²) in [4.78, 5) is 28.1. The van der Waals surface area contributed by atoms with Crippen LogP contribution in [0.3, 0.4) is 0 Å². The Labute approximate surface area is 178 Å². The van der Waals surface area contributed by atoms with Gasteiger partial charge in [0, 0.05) is 42.3 Å². The largest absolute Gasteiger partial charge is 0.418 e. The number of pyridine rings is 1. The first-order valence-electron chi connectivity index (χ1n) is 9.50. The average molecular weight is 447 g/mol. The SMILES string of the molecule is COCCn1ccc2cc(C(F)(F)F)c(NC(=O)c3c[nH]c4ccc(F)cc4c3=O)cc21. The third-order valence-corrected chi connectivity index (χ3v) is 5.09. The second-order valence-corrected chi connectivity index (χ2v) is 7.13. The molecule has 0 atom stereocenters. The maximum atomic E-state index is 13.7. The highest BCUT2D eigenvalue weighted by atomic mass is 19.4. The maximum Gasteiger partial charge on any atom is 0.418 e. The monoisotopic (exact) mass is 447 g/mol. The van der Waals surface area contributed by atoms with E-state index in [-0.39, 0.29) is 5.39 Å². The Kier molecular flexibility index (Phi) is 5.47. The van der Waals surface area contributed by atoms with Crippen LogP contribution in [-0.2, 0) is 17.5 Å². The van der Waals surface area contributed by atoms with Gasteiger partial charge >= 0.3 is 6.18 Å². The van der Waals surface area contributed by atoms with E-state index in [2.05, 4.69) is 10.3 Å². The molecule has 0 unspecified atom stereocenters. The number of hydrogen-bond donors (Lipinski definition) is 2. The van der Waals surface area contributed by atoms with Gasteiger partial charge in [-0.2, -0.15) is 13.2 Å². The van der Waals surface area contributed by atoms with Gasteiger partial charge in [0.25, 0.3) is 5.91 Å². The molecule has 0 aliphatic rings. The first-order chi connectivity index (χ1) is 15.2. The van der Waals surface area contributed by atoms with Gasteiger partial charge in [-0.3, -0.25) is 9.59 Å². The van der Waals surface area contributed by atoms with E-state index in [1.165, 1.54) is 25.3 Å². The molecule has 166 valence electrons. The van der Waals surface area contributed by atoms with Crippen LogP contribution >= 0.6 is 0 Å². The Bertz CT molecular complexity index is 1390. The average Bonchev–Trinajstić information content (AvgIpc) is 3.13. The van der Waals surface area contributed by atoms with Crippen molar-refractivity contribution in [1.29, 1.82) is 0 Å². The van der Waals surface area contributed by atoms with Gasteiger partial charge in [-0.1, -0.05) is 0 Å². The predicted octanol–water partition coefficient (Wildman–Crippen LogP) is 4.54. The van der Waals surface area contributed by atoms with Crippen LogP contribution in [-0.4, -0.2) is 29.2 Å². The molecule has 0 aliphatic heterocycles. The lowest BCUT2D eigenvalue weighted by Gasteiger charge is -2.15. The summed E-state index contributed by atoms with van der Waals surface area (Å²) in [6, 6.07) is 7.11. The van der Waals surface area contributed by atoms with Crippen molar-refractivity contribution in [1.82, 2.24) is 9.55 Å². The van der Waals surface area contributed by atoms with E-state index in [0.29, 0.717) is 29.6 Å². The van der Waals surface area contributed by atoms with Gasteiger partial charge in [0.15, 0.2) is 0 Å². The van der Waals surface area contributed by atoms with Crippen LogP contribution in [0.25, 0.3) is 21.8 Å². The molecule has 10 heteroatoms. The molecule has 0 spiro atoms. The number of aromatic nitrogens is 2. The number of ether oxygens (including phenoxy) is 1. The lowest BCUT2D eigenvalue weighted by atomic mass is 10.1. The number of methoxy groups -OCH3 is 1. The number of anilines is 1. The maximum absolute atomic E-state index is 13.7. The molecular formula is C22H17F4N3O3. The third-order valence-electron chi connectivity index (χ3n) is 5.09. The highest BCUT2D eigenvalue weighted by molar-refractivity contribution is 6.07. The second kappa shape index (κ2) is 8.12. The first kappa shape index (κ1) is 21.6. The van der Waals surface area contributed by atoms with E-state index in [1.807, 2.05) is 0 Å². The number of carbonyl (C=O) groups is 1. The fraction of sp³-hybridized carbons (Fsp3) is 0.182. The first-order valence-corrected chi connectivity index (χ1v) is 9.50. The Morgan fingerprint density at radius 2 is 1.97 bits per heavy atom. The number of nitrogens with zero attached hydrogens (tertiary/aromatic N) is 1. The number of H-pyrrole nitrogens is 1. The number of halogens is 4. The summed E-state index contributed by atoms with van der Waals surface area (Å²) in [5.74, 6) is -1.72. The molecule has 0 saturated carbocycles. The summed E-state index contributed by atoms with van der Waals surface area (Å²) in [5, 5.41) is 2.45. The van der Waals surface area contributed by atoms with Gasteiger partial charge in [-0.05, 0) is 36.4 Å². The summed E-state index contributed by atoms with van der Waals surface area (Å²) < 4.78 is 61.3. The van der Waals surface area contributed by atoms with Gasteiger partial charge in [-0.25, -0.2) is 4.39 Å². The van der Waals surface area contributed by atoms with Crippen molar-refractivity contribution in [3.8, 4) is 0 Å². The van der Waals surface area contributed by atoms with Crippen molar-refractivity contribution in [2.45, 2.75) is 12.7 Å². The summed E-state index contributed by atoms with van der Waals surface area (Å²) in [6.07, 6.45) is -2.03. The number of aromatic amines is 1. The van der Waals surface area contributed by atoms with E-state index in [0.717, 1.165) is 24.4 Å². The van der Waals surface area contributed by atoms with Crippen LogP contribution in [0.5, 0.6) is 0 Å². The summed E-state index contributed by atoms with van der Waals surface area (Å²) in [5.41, 5.74) is -2.03. The Balaban J connectivity index is 1.78. The molecule has 0 radical (unpaired) electrons. The van der Waals surface area contributed by atoms with Crippen molar-refractivity contribution in [3.05, 3.63) is 76.0 Å². The minimum atomic E-state index is -4.75. The van der Waals surface area contributed by atoms with Crippen LogP contribution in [0.15, 0.2) is 53.6 Å². The molecule has 4 rings (SSSR count). The van der Waals surface area contributed by atoms with E-state index >= 15 is 0 Å². The van der Waals surface area contributed by atoms with E-state index in [4.69, 9.17) is 4.74 Å². The van der Waals surface area contributed by atoms with Crippen molar-refractivity contribution < 1.29 is 27.1 Å². The lowest BCUT2D eigenvalue weighted by Crippen LogP contribution is -2.23. The molecule has 2 heterocycles. The quantitative estimate of drug-likeness (QED) is 0.441. The smallest absolute Gasteiger partial charge is 0.383 e. The minimum Gasteiger partial charge on any atom is -0.383 e. The highest BCUT2D eigenvalue weighted by Gasteiger charge is 2.35. The number of carbonyl (C=O) groups excluding carboxylic acids is 1. The molecule has 2 N–H and O–H groups in total. The molecule has 32 heavy (non-hydrogen) atoms. The molecule has 2 aromatic heterocycles. The number of hydrogen-bond acceptors (Lipinski definition) is 3. The summed E-state index contributed by atoms with van der Waals surface area (Å²) in [6.45, 7) is 0.740. The minimum absolute atomic E-state index is 0.0856. The predicted molar refractivity (Wildman–Crippen MR) is 111 cm³/mol. The van der Waals surface area contributed by atoms with Gasteiger partial charge < -0.3 is 19.6 Å². The Morgan fingerprint density at radius 3 is 2.69 bits per heavy atom. The molecule has 0 saturated heterocycles. The van der Waals surface area contributed by atoms with Crippen LogP contribution in [0, 0.1) is 5.82 Å². The fourth-order valence-corrected chi connectivity index (χ4v) is 3.51. The zero-order valence-electron chi connectivity index (χ0n) is 16.7. The zero-order chi connectivity index (χ0) is 23.0. The number of alkyl halides is 3. The van der Waals surface area contributed by atoms with Crippen molar-refractivity contribution >= 4 is 33.4 Å². The van der Waals surface area contributed by atoms with E-state index < -0.39 is 40.1 Å². The zero-order valence-corrected chi connectivity index (χ0v) is 16.7. The second-order valence-electron chi connectivity index (χ2n) is 7.13. The van der Waals surface area contributed by atoms with Crippen LogP contribution in [0.4, 0.5) is 23.2 Å². The van der Waals surface area contributed by atoms with Crippen molar-refractivity contribution in [3.63, 3.8) is 0 Å². The van der Waals surface area contributed by atoms with Crippen LogP contribution in [0.1, 0.15) is 15.9 Å². The highest BCUT2D eigenvalue weighted by Crippen LogP contribution is 2.38. The topological polar surface area (TPSA) is 76.1 Å².